The molecule has 0 fully saturated rings. The van der Waals surface area contributed by atoms with Gasteiger partial charge in [-0.1, -0.05) is 20.8 Å². The van der Waals surface area contributed by atoms with E-state index in [2.05, 4.69) is 5.32 Å². The number of aromatic nitrogens is 1. The first-order chi connectivity index (χ1) is 12.1. The number of aryl methyl sites for hydroxylation is 1. The molecule has 6 heteroatoms. The molecule has 26 heavy (non-hydrogen) atoms. The summed E-state index contributed by atoms with van der Waals surface area (Å²) in [5, 5.41) is 2.80. The molecule has 6 nitrogen and oxygen atoms in total. The predicted octanol–water partition coefficient (Wildman–Crippen LogP) is 3.44. The third kappa shape index (κ3) is 4.59. The van der Waals surface area contributed by atoms with Crippen LogP contribution in [0.25, 0.3) is 0 Å². The van der Waals surface area contributed by atoms with Crippen LogP contribution in [0.1, 0.15) is 48.5 Å². The van der Waals surface area contributed by atoms with Crippen LogP contribution >= 0.6 is 0 Å². The SMILES string of the molecule is C[C@H](OC(=O)c1cccn1C)C(=O)c1ccc(NC(=O)C(C)(C)C)cc1. The molecular weight excluding hydrogens is 332 g/mol. The summed E-state index contributed by atoms with van der Waals surface area (Å²) >= 11 is 0. The number of hydrogen-bond acceptors (Lipinski definition) is 4. The van der Waals surface area contributed by atoms with Gasteiger partial charge in [0, 0.05) is 29.9 Å². The highest BCUT2D eigenvalue weighted by molar-refractivity contribution is 6.02. The number of benzene rings is 1. The van der Waals surface area contributed by atoms with Crippen molar-refractivity contribution in [2.24, 2.45) is 12.5 Å². The molecular formula is C20H24N2O4. The Morgan fingerprint density at radius 1 is 1.08 bits per heavy atom. The van der Waals surface area contributed by atoms with Crippen LogP contribution in [-0.2, 0) is 16.6 Å². The molecule has 0 radical (unpaired) electrons. The van der Waals surface area contributed by atoms with Gasteiger partial charge >= 0.3 is 5.97 Å². The minimum atomic E-state index is -0.910. The molecule has 1 aromatic carbocycles. The van der Waals surface area contributed by atoms with Gasteiger partial charge in [0.25, 0.3) is 0 Å². The molecule has 2 aromatic rings. The molecule has 2 rings (SSSR count). The van der Waals surface area contributed by atoms with Crippen LogP contribution in [0.4, 0.5) is 5.69 Å². The van der Waals surface area contributed by atoms with E-state index in [0.717, 1.165) is 0 Å². The summed E-state index contributed by atoms with van der Waals surface area (Å²) < 4.78 is 6.88. The van der Waals surface area contributed by atoms with Crippen molar-refractivity contribution in [3.8, 4) is 0 Å². The Kier molecular flexibility index (Phi) is 5.65. The number of nitrogens with one attached hydrogen (secondary N) is 1. The fourth-order valence-corrected chi connectivity index (χ4v) is 2.22. The smallest absolute Gasteiger partial charge is 0.355 e. The first kappa shape index (κ1) is 19.4. The van der Waals surface area contributed by atoms with E-state index in [-0.39, 0.29) is 11.7 Å². The largest absolute Gasteiger partial charge is 0.450 e. The van der Waals surface area contributed by atoms with Crippen molar-refractivity contribution in [3.63, 3.8) is 0 Å². The van der Waals surface area contributed by atoms with Gasteiger partial charge in [-0.2, -0.15) is 0 Å². The van der Waals surface area contributed by atoms with E-state index in [0.29, 0.717) is 16.9 Å². The van der Waals surface area contributed by atoms with E-state index >= 15 is 0 Å². The highest BCUT2D eigenvalue weighted by Crippen LogP contribution is 2.18. The molecule has 0 aliphatic rings. The van der Waals surface area contributed by atoms with E-state index in [4.69, 9.17) is 4.74 Å². The minimum absolute atomic E-state index is 0.110. The molecule has 0 aliphatic carbocycles. The molecule has 0 saturated heterocycles. The van der Waals surface area contributed by atoms with Crippen LogP contribution in [0.3, 0.4) is 0 Å². The zero-order chi connectivity index (χ0) is 19.5. The third-order valence-corrected chi connectivity index (χ3v) is 3.91. The lowest BCUT2D eigenvalue weighted by molar-refractivity contribution is -0.123. The first-order valence-corrected chi connectivity index (χ1v) is 8.37. The van der Waals surface area contributed by atoms with Gasteiger partial charge in [0.05, 0.1) is 0 Å². The van der Waals surface area contributed by atoms with Crippen LogP contribution in [-0.4, -0.2) is 28.3 Å². The maximum absolute atomic E-state index is 12.5. The van der Waals surface area contributed by atoms with Crippen LogP contribution < -0.4 is 5.32 Å². The zero-order valence-corrected chi connectivity index (χ0v) is 15.7. The van der Waals surface area contributed by atoms with Gasteiger partial charge in [0.1, 0.15) is 5.69 Å². The third-order valence-electron chi connectivity index (χ3n) is 3.91. The molecule has 138 valence electrons. The number of esters is 1. The van der Waals surface area contributed by atoms with Crippen molar-refractivity contribution in [1.82, 2.24) is 4.57 Å². The molecule has 1 aromatic heterocycles. The second-order valence-electron chi connectivity index (χ2n) is 7.20. The number of rotatable bonds is 5. The standard InChI is InChI=1S/C20H24N2O4/c1-13(26-18(24)16-7-6-12-22(16)5)17(23)14-8-10-15(11-9-14)21-19(25)20(2,3)4/h6-13H,1-5H3,(H,21,25)/t13-/m0/s1. The van der Waals surface area contributed by atoms with Gasteiger partial charge in [-0.15, -0.1) is 0 Å². The summed E-state index contributed by atoms with van der Waals surface area (Å²) in [6.07, 6.45) is 0.820. The number of ketones is 1. The van der Waals surface area contributed by atoms with Gasteiger partial charge in [-0.05, 0) is 43.3 Å². The summed E-state index contributed by atoms with van der Waals surface area (Å²) in [7, 11) is 1.73. The summed E-state index contributed by atoms with van der Waals surface area (Å²) in [6, 6.07) is 9.88. The fraction of sp³-hybridized carbons (Fsp3) is 0.350. The predicted molar refractivity (Wildman–Crippen MR) is 99.1 cm³/mol. The molecule has 0 bridgehead atoms. The number of nitrogens with zero attached hydrogens (tertiary/aromatic N) is 1. The second-order valence-corrected chi connectivity index (χ2v) is 7.20. The van der Waals surface area contributed by atoms with Gasteiger partial charge in [-0.3, -0.25) is 9.59 Å². The first-order valence-electron chi connectivity index (χ1n) is 8.37. The molecule has 0 saturated carbocycles. The van der Waals surface area contributed by atoms with Crippen molar-refractivity contribution in [2.75, 3.05) is 5.32 Å². The Morgan fingerprint density at radius 3 is 2.19 bits per heavy atom. The molecule has 1 atom stereocenters. The summed E-state index contributed by atoms with van der Waals surface area (Å²) in [5.41, 5.74) is 0.888. The monoisotopic (exact) mass is 356 g/mol. The maximum atomic E-state index is 12.5. The Hall–Kier alpha value is -2.89. The molecule has 0 spiro atoms. The van der Waals surface area contributed by atoms with E-state index in [1.807, 2.05) is 20.8 Å². The van der Waals surface area contributed by atoms with Gasteiger partial charge in [-0.25, -0.2) is 4.79 Å². The summed E-state index contributed by atoms with van der Waals surface area (Å²) in [6.45, 7) is 7.01. The summed E-state index contributed by atoms with van der Waals surface area (Å²) in [5.74, 6) is -0.963. The Balaban J connectivity index is 2.02. The lowest BCUT2D eigenvalue weighted by Crippen LogP contribution is -2.27. The number of amides is 1. The van der Waals surface area contributed by atoms with Crippen molar-refractivity contribution >= 4 is 23.3 Å². The maximum Gasteiger partial charge on any atom is 0.355 e. The Morgan fingerprint density at radius 2 is 1.69 bits per heavy atom. The number of carbonyl (C=O) groups is 3. The molecule has 0 aliphatic heterocycles. The topological polar surface area (TPSA) is 77.4 Å². The number of anilines is 1. The quantitative estimate of drug-likeness (QED) is 0.658. The van der Waals surface area contributed by atoms with Gasteiger partial charge < -0.3 is 14.6 Å². The van der Waals surface area contributed by atoms with Crippen molar-refractivity contribution in [1.29, 1.82) is 0 Å². The second kappa shape index (κ2) is 7.56. The van der Waals surface area contributed by atoms with E-state index in [9.17, 15) is 14.4 Å². The molecule has 1 amide bonds. The van der Waals surface area contributed by atoms with Gasteiger partial charge in [0.2, 0.25) is 11.7 Å². The number of ether oxygens (including phenoxy) is 1. The average molecular weight is 356 g/mol. The minimum Gasteiger partial charge on any atom is -0.450 e. The molecule has 1 heterocycles. The highest BCUT2D eigenvalue weighted by Gasteiger charge is 2.23. The van der Waals surface area contributed by atoms with E-state index in [1.165, 1.54) is 0 Å². The lowest BCUT2D eigenvalue weighted by Gasteiger charge is -2.18. The fourth-order valence-electron chi connectivity index (χ4n) is 2.22. The average Bonchev–Trinajstić information content (AvgIpc) is 3.00. The molecule has 0 unspecified atom stereocenters. The van der Waals surface area contributed by atoms with E-state index < -0.39 is 17.5 Å². The normalized spacial score (nSPS) is 12.3. The zero-order valence-electron chi connectivity index (χ0n) is 15.7. The highest BCUT2D eigenvalue weighted by atomic mass is 16.5. The van der Waals surface area contributed by atoms with Crippen molar-refractivity contribution in [3.05, 3.63) is 53.9 Å². The van der Waals surface area contributed by atoms with Gasteiger partial charge in [0.15, 0.2) is 6.10 Å². The van der Waals surface area contributed by atoms with Crippen molar-refractivity contribution in [2.45, 2.75) is 33.8 Å². The Labute approximate surface area is 153 Å². The Bertz CT molecular complexity index is 813. The van der Waals surface area contributed by atoms with Crippen LogP contribution in [0.5, 0.6) is 0 Å². The lowest BCUT2D eigenvalue weighted by atomic mass is 9.95. The number of hydrogen-bond donors (Lipinski definition) is 1. The summed E-state index contributed by atoms with van der Waals surface area (Å²) in [4.78, 5) is 36.5. The van der Waals surface area contributed by atoms with Crippen LogP contribution in [0, 0.1) is 5.41 Å². The van der Waals surface area contributed by atoms with Crippen LogP contribution in [0.15, 0.2) is 42.6 Å². The molecule has 1 N–H and O–H groups in total. The number of Topliss-reactive ketones (excluding diaryl/α,β-unsaturated/α-hetero) is 1. The number of carbonyl (C=O) groups excluding carboxylic acids is 3. The van der Waals surface area contributed by atoms with Crippen molar-refractivity contribution < 1.29 is 19.1 Å². The van der Waals surface area contributed by atoms with Crippen LogP contribution in [0.2, 0.25) is 0 Å². The van der Waals surface area contributed by atoms with E-state index in [1.54, 1.807) is 61.1 Å².